The van der Waals surface area contributed by atoms with Crippen molar-refractivity contribution in [3.05, 3.63) is 22.8 Å². The molecular formula is C18H33N3. The van der Waals surface area contributed by atoms with Crippen LogP contribution in [0.3, 0.4) is 0 Å². The zero-order valence-electron chi connectivity index (χ0n) is 15.0. The molecule has 0 bridgehead atoms. The fourth-order valence-corrected chi connectivity index (χ4v) is 2.73. The summed E-state index contributed by atoms with van der Waals surface area (Å²) < 4.78 is 0. The van der Waals surface area contributed by atoms with E-state index >= 15 is 0 Å². The van der Waals surface area contributed by atoms with Gasteiger partial charge in [-0.3, -0.25) is 0 Å². The minimum Gasteiger partial charge on any atom is -0.316 e. The monoisotopic (exact) mass is 291 g/mol. The van der Waals surface area contributed by atoms with Crippen LogP contribution in [-0.2, 0) is 6.42 Å². The maximum atomic E-state index is 4.73. The van der Waals surface area contributed by atoms with E-state index in [9.17, 15) is 0 Å². The van der Waals surface area contributed by atoms with Gasteiger partial charge in [0, 0.05) is 24.4 Å². The standard InChI is InChI=1S/C18H33N3/c1-12(2)8-9-17-20-15(6)18(16(7)21-17)14(5)11-19-10-13(3)4/h12-14,19H,8-11H2,1-7H3. The van der Waals surface area contributed by atoms with Gasteiger partial charge in [-0.1, -0.05) is 34.6 Å². The second-order valence-corrected chi connectivity index (χ2v) is 7.11. The van der Waals surface area contributed by atoms with Crippen LogP contribution in [0.4, 0.5) is 0 Å². The first kappa shape index (κ1) is 18.1. The van der Waals surface area contributed by atoms with Crippen LogP contribution in [0.5, 0.6) is 0 Å². The largest absolute Gasteiger partial charge is 0.316 e. The summed E-state index contributed by atoms with van der Waals surface area (Å²) in [5, 5.41) is 3.54. The van der Waals surface area contributed by atoms with E-state index in [-0.39, 0.29) is 0 Å². The molecule has 0 aliphatic heterocycles. The number of hydrogen-bond acceptors (Lipinski definition) is 3. The third kappa shape index (κ3) is 6.13. The van der Waals surface area contributed by atoms with Gasteiger partial charge in [-0.15, -0.1) is 0 Å². The quantitative estimate of drug-likeness (QED) is 0.785. The topological polar surface area (TPSA) is 37.8 Å². The predicted octanol–water partition coefficient (Wildman–Crippen LogP) is 4.03. The Balaban J connectivity index is 2.74. The van der Waals surface area contributed by atoms with Gasteiger partial charge in [-0.05, 0) is 50.1 Å². The summed E-state index contributed by atoms with van der Waals surface area (Å²) in [7, 11) is 0. The van der Waals surface area contributed by atoms with E-state index in [2.05, 4.69) is 53.8 Å². The van der Waals surface area contributed by atoms with Crippen LogP contribution in [0.25, 0.3) is 0 Å². The molecule has 3 heteroatoms. The van der Waals surface area contributed by atoms with Crippen LogP contribution in [0, 0.1) is 25.7 Å². The molecule has 1 aromatic heterocycles. The summed E-state index contributed by atoms with van der Waals surface area (Å²) in [5.41, 5.74) is 3.62. The van der Waals surface area contributed by atoms with E-state index < -0.39 is 0 Å². The molecule has 1 heterocycles. The molecule has 3 nitrogen and oxygen atoms in total. The number of nitrogens with zero attached hydrogens (tertiary/aromatic N) is 2. The highest BCUT2D eigenvalue weighted by atomic mass is 14.9. The van der Waals surface area contributed by atoms with Crippen LogP contribution in [0.15, 0.2) is 0 Å². The highest BCUT2D eigenvalue weighted by molar-refractivity contribution is 5.28. The van der Waals surface area contributed by atoms with Crippen LogP contribution < -0.4 is 5.32 Å². The lowest BCUT2D eigenvalue weighted by Crippen LogP contribution is -2.25. The van der Waals surface area contributed by atoms with Crippen molar-refractivity contribution < 1.29 is 0 Å². The van der Waals surface area contributed by atoms with E-state index in [1.54, 1.807) is 0 Å². The second kappa shape index (κ2) is 8.47. The molecule has 21 heavy (non-hydrogen) atoms. The molecule has 1 aromatic rings. The number of hydrogen-bond donors (Lipinski definition) is 1. The summed E-state index contributed by atoms with van der Waals surface area (Å²) in [5.74, 6) is 2.86. The molecule has 1 rings (SSSR count). The Hall–Kier alpha value is -0.960. The van der Waals surface area contributed by atoms with Crippen molar-refractivity contribution >= 4 is 0 Å². The van der Waals surface area contributed by atoms with Crippen molar-refractivity contribution in [3.63, 3.8) is 0 Å². The molecule has 0 saturated heterocycles. The van der Waals surface area contributed by atoms with Crippen molar-refractivity contribution in [2.75, 3.05) is 13.1 Å². The van der Waals surface area contributed by atoms with Gasteiger partial charge in [-0.25, -0.2) is 9.97 Å². The molecule has 0 amide bonds. The van der Waals surface area contributed by atoms with Crippen molar-refractivity contribution in [1.82, 2.24) is 15.3 Å². The molecule has 0 radical (unpaired) electrons. The molecule has 120 valence electrons. The van der Waals surface area contributed by atoms with E-state index in [1.165, 1.54) is 5.56 Å². The lowest BCUT2D eigenvalue weighted by molar-refractivity contribution is 0.524. The zero-order chi connectivity index (χ0) is 16.0. The summed E-state index contributed by atoms with van der Waals surface area (Å²) in [6.07, 6.45) is 2.14. The summed E-state index contributed by atoms with van der Waals surface area (Å²) in [4.78, 5) is 9.46. The Morgan fingerprint density at radius 3 is 1.90 bits per heavy atom. The number of nitrogens with one attached hydrogen (secondary N) is 1. The van der Waals surface area contributed by atoms with Crippen molar-refractivity contribution in [2.45, 2.75) is 67.2 Å². The van der Waals surface area contributed by atoms with Gasteiger partial charge in [0.25, 0.3) is 0 Å². The first-order valence-electron chi connectivity index (χ1n) is 8.36. The van der Waals surface area contributed by atoms with Crippen LogP contribution >= 0.6 is 0 Å². The van der Waals surface area contributed by atoms with Crippen molar-refractivity contribution in [2.24, 2.45) is 11.8 Å². The Bertz CT molecular complexity index is 415. The van der Waals surface area contributed by atoms with Gasteiger partial charge in [0.1, 0.15) is 5.82 Å². The Kier molecular flexibility index (Phi) is 7.30. The average molecular weight is 291 g/mol. The molecule has 0 fully saturated rings. The smallest absolute Gasteiger partial charge is 0.128 e. The maximum absolute atomic E-state index is 4.73. The average Bonchev–Trinajstić information content (AvgIpc) is 2.35. The Morgan fingerprint density at radius 1 is 0.857 bits per heavy atom. The highest BCUT2D eigenvalue weighted by Gasteiger charge is 2.15. The lowest BCUT2D eigenvalue weighted by Gasteiger charge is -2.19. The van der Waals surface area contributed by atoms with Gasteiger partial charge in [0.15, 0.2) is 0 Å². The first-order chi connectivity index (χ1) is 9.81. The van der Waals surface area contributed by atoms with Gasteiger partial charge in [-0.2, -0.15) is 0 Å². The molecule has 0 saturated carbocycles. The van der Waals surface area contributed by atoms with E-state index in [0.29, 0.717) is 17.8 Å². The van der Waals surface area contributed by atoms with Crippen LogP contribution in [0.2, 0.25) is 0 Å². The highest BCUT2D eigenvalue weighted by Crippen LogP contribution is 2.21. The van der Waals surface area contributed by atoms with Gasteiger partial charge in [0.05, 0.1) is 0 Å². The van der Waals surface area contributed by atoms with Crippen molar-refractivity contribution in [3.8, 4) is 0 Å². The number of rotatable bonds is 8. The number of aromatic nitrogens is 2. The van der Waals surface area contributed by atoms with Crippen LogP contribution in [-0.4, -0.2) is 23.1 Å². The fraction of sp³-hybridized carbons (Fsp3) is 0.778. The third-order valence-corrected chi connectivity index (χ3v) is 3.81. The van der Waals surface area contributed by atoms with Crippen LogP contribution in [0.1, 0.15) is 69.7 Å². The SMILES string of the molecule is Cc1nc(CCC(C)C)nc(C)c1C(C)CNCC(C)C. The molecule has 1 atom stereocenters. The minimum absolute atomic E-state index is 0.461. The molecule has 0 aromatic carbocycles. The Morgan fingerprint density at radius 2 is 1.43 bits per heavy atom. The van der Waals surface area contributed by atoms with Gasteiger partial charge in [0.2, 0.25) is 0 Å². The van der Waals surface area contributed by atoms with E-state index in [1.807, 2.05) is 0 Å². The second-order valence-electron chi connectivity index (χ2n) is 7.11. The molecule has 0 aliphatic carbocycles. The molecule has 0 aliphatic rings. The van der Waals surface area contributed by atoms with E-state index in [0.717, 1.165) is 43.1 Å². The third-order valence-electron chi connectivity index (χ3n) is 3.81. The maximum Gasteiger partial charge on any atom is 0.128 e. The minimum atomic E-state index is 0.461. The summed E-state index contributed by atoms with van der Waals surface area (Å²) in [6.45, 7) is 17.5. The van der Waals surface area contributed by atoms with Gasteiger partial charge < -0.3 is 5.32 Å². The summed E-state index contributed by atoms with van der Waals surface area (Å²) in [6, 6.07) is 0. The van der Waals surface area contributed by atoms with Crippen molar-refractivity contribution in [1.29, 1.82) is 0 Å². The number of aryl methyl sites for hydroxylation is 3. The molecule has 1 unspecified atom stereocenters. The van der Waals surface area contributed by atoms with E-state index in [4.69, 9.17) is 9.97 Å². The molecule has 1 N–H and O–H groups in total. The fourth-order valence-electron chi connectivity index (χ4n) is 2.73. The predicted molar refractivity (Wildman–Crippen MR) is 90.8 cm³/mol. The zero-order valence-corrected chi connectivity index (χ0v) is 15.0. The molecule has 0 spiro atoms. The van der Waals surface area contributed by atoms with Gasteiger partial charge >= 0.3 is 0 Å². The first-order valence-corrected chi connectivity index (χ1v) is 8.36. The normalized spacial score (nSPS) is 13.2. The lowest BCUT2D eigenvalue weighted by atomic mass is 9.97. The Labute approximate surface area is 131 Å². The summed E-state index contributed by atoms with van der Waals surface area (Å²) >= 11 is 0. The molecular weight excluding hydrogens is 258 g/mol.